The molecule has 2 rings (SSSR count). The van der Waals surface area contributed by atoms with E-state index >= 15 is 0 Å². The van der Waals surface area contributed by atoms with Crippen molar-refractivity contribution >= 4 is 11.3 Å². The van der Waals surface area contributed by atoms with Gasteiger partial charge in [-0.1, -0.05) is 0 Å². The Kier molecular flexibility index (Phi) is 4.17. The first-order valence-corrected chi connectivity index (χ1v) is 7.29. The second kappa shape index (κ2) is 5.46. The molecule has 0 aromatic carbocycles. The molecule has 1 N–H and O–H groups in total. The molecule has 17 heavy (non-hydrogen) atoms. The summed E-state index contributed by atoms with van der Waals surface area (Å²) in [6, 6.07) is 0.691. The van der Waals surface area contributed by atoms with Crippen LogP contribution in [0, 0.1) is 0 Å². The first kappa shape index (κ1) is 13.0. The second-order valence-electron chi connectivity index (χ2n) is 5.87. The minimum Gasteiger partial charge on any atom is -0.311 e. The number of likely N-dealkylation sites (tertiary alicyclic amines) is 1. The Bertz CT molecular complexity index is 329. The lowest BCUT2D eigenvalue weighted by atomic mass is 10.1. The lowest BCUT2D eigenvalue weighted by molar-refractivity contribution is 0.227. The third-order valence-electron chi connectivity index (χ3n) is 3.21. The summed E-state index contributed by atoms with van der Waals surface area (Å²) in [6.45, 7) is 10.1. The maximum Gasteiger partial charge on any atom is 0.0794 e. The zero-order chi connectivity index (χ0) is 12.3. The van der Waals surface area contributed by atoms with Gasteiger partial charge in [-0.3, -0.25) is 9.88 Å². The van der Waals surface area contributed by atoms with E-state index < -0.39 is 0 Å². The lowest BCUT2D eigenvalue weighted by Crippen LogP contribution is -2.44. The van der Waals surface area contributed by atoms with Crippen molar-refractivity contribution in [2.75, 3.05) is 13.1 Å². The number of thiazole rings is 1. The van der Waals surface area contributed by atoms with Gasteiger partial charge >= 0.3 is 0 Å². The topological polar surface area (TPSA) is 28.2 Å². The van der Waals surface area contributed by atoms with Crippen LogP contribution in [0.4, 0.5) is 0 Å². The van der Waals surface area contributed by atoms with Crippen molar-refractivity contribution in [1.82, 2.24) is 15.2 Å². The standard InChI is InChI=1S/C13H23N3S/c1-13(2,3)15-7-11-5-4-6-16(11)9-12-8-14-10-17-12/h8,10-11,15H,4-7,9H2,1-3H3. The zero-order valence-electron chi connectivity index (χ0n) is 11.1. The third kappa shape index (κ3) is 4.05. The van der Waals surface area contributed by atoms with Crippen molar-refractivity contribution in [3.8, 4) is 0 Å². The largest absolute Gasteiger partial charge is 0.311 e. The fraction of sp³-hybridized carbons (Fsp3) is 0.769. The average Bonchev–Trinajstić information content (AvgIpc) is 2.86. The Morgan fingerprint density at radius 2 is 2.35 bits per heavy atom. The highest BCUT2D eigenvalue weighted by molar-refractivity contribution is 7.09. The minimum absolute atomic E-state index is 0.221. The summed E-state index contributed by atoms with van der Waals surface area (Å²) in [5, 5.41) is 3.62. The summed E-state index contributed by atoms with van der Waals surface area (Å²) in [5.74, 6) is 0. The van der Waals surface area contributed by atoms with Gasteiger partial charge < -0.3 is 5.32 Å². The molecule has 1 saturated heterocycles. The molecular formula is C13H23N3S. The number of nitrogens with one attached hydrogen (secondary N) is 1. The van der Waals surface area contributed by atoms with Crippen LogP contribution in [-0.4, -0.2) is 34.6 Å². The van der Waals surface area contributed by atoms with Crippen molar-refractivity contribution in [3.63, 3.8) is 0 Å². The molecule has 1 fully saturated rings. The highest BCUT2D eigenvalue weighted by Gasteiger charge is 2.25. The van der Waals surface area contributed by atoms with Crippen molar-refractivity contribution in [2.24, 2.45) is 0 Å². The molecule has 1 aliphatic rings. The van der Waals surface area contributed by atoms with Crippen LogP contribution in [0.3, 0.4) is 0 Å². The highest BCUT2D eigenvalue weighted by Crippen LogP contribution is 2.21. The van der Waals surface area contributed by atoms with Gasteiger partial charge in [0.05, 0.1) is 5.51 Å². The van der Waals surface area contributed by atoms with Crippen LogP contribution in [0.25, 0.3) is 0 Å². The molecular weight excluding hydrogens is 230 g/mol. The number of rotatable bonds is 4. The fourth-order valence-electron chi connectivity index (χ4n) is 2.28. The van der Waals surface area contributed by atoms with Gasteiger partial charge in [0, 0.05) is 35.7 Å². The van der Waals surface area contributed by atoms with Crippen LogP contribution in [0.15, 0.2) is 11.7 Å². The van der Waals surface area contributed by atoms with Gasteiger partial charge in [-0.05, 0) is 40.2 Å². The van der Waals surface area contributed by atoms with Crippen molar-refractivity contribution < 1.29 is 0 Å². The van der Waals surface area contributed by atoms with Gasteiger partial charge in [0.1, 0.15) is 0 Å². The fourth-order valence-corrected chi connectivity index (χ4v) is 2.90. The van der Waals surface area contributed by atoms with E-state index in [1.165, 1.54) is 24.3 Å². The van der Waals surface area contributed by atoms with Crippen LogP contribution in [0.2, 0.25) is 0 Å². The van der Waals surface area contributed by atoms with Gasteiger partial charge in [-0.2, -0.15) is 0 Å². The Morgan fingerprint density at radius 1 is 1.53 bits per heavy atom. The molecule has 3 nitrogen and oxygen atoms in total. The first-order valence-electron chi connectivity index (χ1n) is 6.41. The van der Waals surface area contributed by atoms with Crippen LogP contribution < -0.4 is 5.32 Å². The van der Waals surface area contributed by atoms with Gasteiger partial charge in [-0.15, -0.1) is 11.3 Å². The number of hydrogen-bond donors (Lipinski definition) is 1. The predicted molar refractivity (Wildman–Crippen MR) is 73.3 cm³/mol. The average molecular weight is 253 g/mol. The summed E-state index contributed by atoms with van der Waals surface area (Å²) in [5.41, 5.74) is 2.15. The molecule has 1 aliphatic heterocycles. The molecule has 0 spiro atoms. The van der Waals surface area contributed by atoms with E-state index in [1.54, 1.807) is 11.3 Å². The zero-order valence-corrected chi connectivity index (χ0v) is 11.9. The van der Waals surface area contributed by atoms with Crippen LogP contribution in [-0.2, 0) is 6.54 Å². The quantitative estimate of drug-likeness (QED) is 0.893. The van der Waals surface area contributed by atoms with Gasteiger partial charge in [0.2, 0.25) is 0 Å². The maximum atomic E-state index is 4.15. The maximum absolute atomic E-state index is 4.15. The monoisotopic (exact) mass is 253 g/mol. The summed E-state index contributed by atoms with van der Waals surface area (Å²) in [4.78, 5) is 8.12. The molecule has 1 unspecified atom stereocenters. The molecule has 0 aliphatic carbocycles. The van der Waals surface area contributed by atoms with Gasteiger partial charge in [0.15, 0.2) is 0 Å². The Balaban J connectivity index is 1.85. The highest BCUT2D eigenvalue weighted by atomic mass is 32.1. The molecule has 0 saturated carbocycles. The second-order valence-corrected chi connectivity index (χ2v) is 6.84. The Labute approximate surface area is 108 Å². The molecule has 1 atom stereocenters. The molecule has 2 heterocycles. The van der Waals surface area contributed by atoms with Crippen LogP contribution >= 0.6 is 11.3 Å². The summed E-state index contributed by atoms with van der Waals surface area (Å²) in [6.07, 6.45) is 4.65. The summed E-state index contributed by atoms with van der Waals surface area (Å²) >= 11 is 1.76. The number of nitrogens with zero attached hydrogens (tertiary/aromatic N) is 2. The smallest absolute Gasteiger partial charge is 0.0794 e. The SMILES string of the molecule is CC(C)(C)NCC1CCCN1Cc1cncs1. The molecule has 4 heteroatoms. The predicted octanol–water partition coefficient (Wildman–Crippen LogP) is 2.50. The number of hydrogen-bond acceptors (Lipinski definition) is 4. The summed E-state index contributed by atoms with van der Waals surface area (Å²) in [7, 11) is 0. The van der Waals surface area contributed by atoms with E-state index in [1.807, 2.05) is 11.7 Å². The molecule has 1 aromatic heterocycles. The van der Waals surface area contributed by atoms with E-state index in [4.69, 9.17) is 0 Å². The van der Waals surface area contributed by atoms with Gasteiger partial charge in [0.25, 0.3) is 0 Å². The van der Waals surface area contributed by atoms with Crippen molar-refractivity contribution in [3.05, 3.63) is 16.6 Å². The molecule has 0 radical (unpaired) electrons. The normalized spacial score (nSPS) is 22.2. The Hall–Kier alpha value is -0.450. The van der Waals surface area contributed by atoms with E-state index in [0.29, 0.717) is 6.04 Å². The van der Waals surface area contributed by atoms with Gasteiger partial charge in [-0.25, -0.2) is 0 Å². The van der Waals surface area contributed by atoms with Crippen molar-refractivity contribution in [1.29, 1.82) is 0 Å². The molecule has 0 bridgehead atoms. The lowest BCUT2D eigenvalue weighted by Gasteiger charge is -2.28. The first-order chi connectivity index (χ1) is 8.04. The summed E-state index contributed by atoms with van der Waals surface area (Å²) < 4.78 is 0. The van der Waals surface area contributed by atoms with E-state index in [2.05, 4.69) is 36.0 Å². The molecule has 0 amide bonds. The minimum atomic E-state index is 0.221. The molecule has 96 valence electrons. The van der Waals surface area contributed by atoms with Crippen LogP contribution in [0.1, 0.15) is 38.5 Å². The molecule has 1 aromatic rings. The van der Waals surface area contributed by atoms with E-state index in [-0.39, 0.29) is 5.54 Å². The number of aromatic nitrogens is 1. The van der Waals surface area contributed by atoms with E-state index in [9.17, 15) is 0 Å². The van der Waals surface area contributed by atoms with Crippen molar-refractivity contribution in [2.45, 2.75) is 51.7 Å². The van der Waals surface area contributed by atoms with E-state index in [0.717, 1.165) is 13.1 Å². The third-order valence-corrected chi connectivity index (χ3v) is 3.97. The Morgan fingerprint density at radius 3 is 3.00 bits per heavy atom. The van der Waals surface area contributed by atoms with Crippen LogP contribution in [0.5, 0.6) is 0 Å².